The molecule has 1 aromatic rings. The molecular formula is C15H21Cl2NO3. The third-order valence-electron chi connectivity index (χ3n) is 3.34. The maximum Gasteiger partial charge on any atom is 0.142 e. The lowest BCUT2D eigenvalue weighted by molar-refractivity contribution is 0.0252. The summed E-state index contributed by atoms with van der Waals surface area (Å²) in [5.41, 5.74) is 0.968. The van der Waals surface area contributed by atoms with Crippen LogP contribution in [-0.2, 0) is 16.0 Å². The van der Waals surface area contributed by atoms with Crippen molar-refractivity contribution >= 4 is 23.2 Å². The van der Waals surface area contributed by atoms with Crippen molar-refractivity contribution in [1.82, 2.24) is 5.32 Å². The molecule has 0 saturated carbocycles. The Morgan fingerprint density at radius 2 is 2.05 bits per heavy atom. The number of rotatable bonds is 7. The van der Waals surface area contributed by atoms with Gasteiger partial charge in [0.25, 0.3) is 0 Å². The molecular weight excluding hydrogens is 313 g/mol. The van der Waals surface area contributed by atoms with Gasteiger partial charge in [0.15, 0.2) is 0 Å². The lowest BCUT2D eigenvalue weighted by atomic mass is 10.1. The number of nitrogens with one attached hydrogen (secondary N) is 1. The van der Waals surface area contributed by atoms with Gasteiger partial charge in [-0.15, -0.1) is 0 Å². The van der Waals surface area contributed by atoms with Gasteiger partial charge in [-0.2, -0.15) is 0 Å². The van der Waals surface area contributed by atoms with Crippen LogP contribution in [0.2, 0.25) is 10.0 Å². The molecule has 2 rings (SSSR count). The third kappa shape index (κ3) is 5.31. The van der Waals surface area contributed by atoms with Gasteiger partial charge >= 0.3 is 0 Å². The summed E-state index contributed by atoms with van der Waals surface area (Å²) in [6, 6.07) is 3.61. The van der Waals surface area contributed by atoms with Crippen LogP contribution in [0.1, 0.15) is 18.4 Å². The van der Waals surface area contributed by atoms with E-state index in [-0.39, 0.29) is 6.10 Å². The van der Waals surface area contributed by atoms with Gasteiger partial charge in [-0.1, -0.05) is 23.2 Å². The van der Waals surface area contributed by atoms with Crippen molar-refractivity contribution in [3.8, 4) is 5.75 Å². The normalized spacial score (nSPS) is 16.1. The van der Waals surface area contributed by atoms with E-state index in [0.717, 1.165) is 43.9 Å². The molecule has 118 valence electrons. The fourth-order valence-electron chi connectivity index (χ4n) is 2.23. The predicted molar refractivity (Wildman–Crippen MR) is 84.5 cm³/mol. The summed E-state index contributed by atoms with van der Waals surface area (Å²) in [4.78, 5) is 0. The molecule has 0 radical (unpaired) electrons. The predicted octanol–water partition coefficient (Wildman–Crippen LogP) is 3.29. The molecule has 4 nitrogen and oxygen atoms in total. The van der Waals surface area contributed by atoms with Crippen molar-refractivity contribution in [3.05, 3.63) is 27.7 Å². The maximum absolute atomic E-state index is 6.30. The van der Waals surface area contributed by atoms with Gasteiger partial charge in [0.2, 0.25) is 0 Å². The number of hydrogen-bond donors (Lipinski definition) is 1. The SMILES string of the molecule is COCCNCc1cc(Cl)cc(Cl)c1OC1CCOCC1. The Labute approximate surface area is 135 Å². The third-order valence-corrected chi connectivity index (χ3v) is 3.84. The minimum absolute atomic E-state index is 0.148. The molecule has 1 fully saturated rings. The van der Waals surface area contributed by atoms with Gasteiger partial charge in [-0.05, 0) is 12.1 Å². The van der Waals surface area contributed by atoms with Crippen LogP contribution in [0, 0.1) is 0 Å². The molecule has 0 unspecified atom stereocenters. The summed E-state index contributed by atoms with van der Waals surface area (Å²) in [5, 5.41) is 4.45. The Balaban J connectivity index is 2.05. The fraction of sp³-hybridized carbons (Fsp3) is 0.600. The summed E-state index contributed by atoms with van der Waals surface area (Å²) in [7, 11) is 1.68. The monoisotopic (exact) mass is 333 g/mol. The van der Waals surface area contributed by atoms with Crippen LogP contribution in [0.25, 0.3) is 0 Å². The maximum atomic E-state index is 6.30. The van der Waals surface area contributed by atoms with E-state index in [4.69, 9.17) is 37.4 Å². The molecule has 1 saturated heterocycles. The highest BCUT2D eigenvalue weighted by Crippen LogP contribution is 2.34. The summed E-state index contributed by atoms with van der Waals surface area (Å²) >= 11 is 12.4. The van der Waals surface area contributed by atoms with Gasteiger partial charge in [0, 0.05) is 43.6 Å². The van der Waals surface area contributed by atoms with Crippen LogP contribution in [0.3, 0.4) is 0 Å². The molecule has 1 aromatic carbocycles. The van der Waals surface area contributed by atoms with Crippen molar-refractivity contribution < 1.29 is 14.2 Å². The van der Waals surface area contributed by atoms with Crippen molar-refractivity contribution in [2.75, 3.05) is 33.5 Å². The summed E-state index contributed by atoms with van der Waals surface area (Å²) < 4.78 is 16.5. The second-order valence-electron chi connectivity index (χ2n) is 4.98. The van der Waals surface area contributed by atoms with E-state index in [1.807, 2.05) is 6.07 Å². The average Bonchev–Trinajstić information content (AvgIpc) is 2.48. The first kappa shape index (κ1) is 16.8. The fourth-order valence-corrected chi connectivity index (χ4v) is 2.81. The van der Waals surface area contributed by atoms with Crippen LogP contribution in [0.15, 0.2) is 12.1 Å². The second kappa shape index (κ2) is 8.81. The quantitative estimate of drug-likeness (QED) is 0.777. The molecule has 1 heterocycles. The highest BCUT2D eigenvalue weighted by atomic mass is 35.5. The lowest BCUT2D eigenvalue weighted by Gasteiger charge is -2.25. The van der Waals surface area contributed by atoms with Gasteiger partial charge in [0.05, 0.1) is 24.8 Å². The number of benzene rings is 1. The Morgan fingerprint density at radius 3 is 2.76 bits per heavy atom. The molecule has 1 aliphatic rings. The van der Waals surface area contributed by atoms with E-state index in [9.17, 15) is 0 Å². The minimum atomic E-state index is 0.148. The van der Waals surface area contributed by atoms with Crippen LogP contribution in [-0.4, -0.2) is 39.6 Å². The Hall–Kier alpha value is -0.520. The van der Waals surface area contributed by atoms with Gasteiger partial charge in [0.1, 0.15) is 11.9 Å². The van der Waals surface area contributed by atoms with Crippen molar-refractivity contribution in [3.63, 3.8) is 0 Å². The highest BCUT2D eigenvalue weighted by Gasteiger charge is 2.19. The number of hydrogen-bond acceptors (Lipinski definition) is 4. The zero-order valence-electron chi connectivity index (χ0n) is 12.2. The van der Waals surface area contributed by atoms with Crippen LogP contribution in [0.4, 0.5) is 0 Å². The average molecular weight is 334 g/mol. The molecule has 1 N–H and O–H groups in total. The van der Waals surface area contributed by atoms with Crippen LogP contribution in [0.5, 0.6) is 5.75 Å². The first-order valence-electron chi connectivity index (χ1n) is 7.12. The Kier molecular flexibility index (Phi) is 7.07. The summed E-state index contributed by atoms with van der Waals surface area (Å²) in [6.07, 6.45) is 1.92. The first-order chi connectivity index (χ1) is 10.2. The molecule has 0 atom stereocenters. The molecule has 0 aliphatic carbocycles. The zero-order chi connectivity index (χ0) is 15.1. The highest BCUT2D eigenvalue weighted by molar-refractivity contribution is 6.35. The van der Waals surface area contributed by atoms with E-state index < -0.39 is 0 Å². The van der Waals surface area contributed by atoms with Gasteiger partial charge < -0.3 is 19.5 Å². The summed E-state index contributed by atoms with van der Waals surface area (Å²) in [5.74, 6) is 0.720. The molecule has 0 amide bonds. The Morgan fingerprint density at radius 1 is 1.29 bits per heavy atom. The molecule has 0 bridgehead atoms. The summed E-state index contributed by atoms with van der Waals surface area (Å²) in [6.45, 7) is 3.53. The molecule has 1 aliphatic heterocycles. The van der Waals surface area contributed by atoms with E-state index >= 15 is 0 Å². The molecule has 21 heavy (non-hydrogen) atoms. The van der Waals surface area contributed by atoms with Crippen molar-refractivity contribution in [2.45, 2.75) is 25.5 Å². The van der Waals surface area contributed by atoms with E-state index in [2.05, 4.69) is 5.32 Å². The van der Waals surface area contributed by atoms with E-state index in [0.29, 0.717) is 23.2 Å². The van der Waals surface area contributed by atoms with Gasteiger partial charge in [-0.25, -0.2) is 0 Å². The topological polar surface area (TPSA) is 39.7 Å². The number of ether oxygens (including phenoxy) is 3. The molecule has 0 aromatic heterocycles. The van der Waals surface area contributed by atoms with Crippen molar-refractivity contribution in [1.29, 1.82) is 0 Å². The molecule has 0 spiro atoms. The number of methoxy groups -OCH3 is 1. The smallest absolute Gasteiger partial charge is 0.142 e. The standard InChI is InChI=1S/C15H21Cl2NO3/c1-19-7-4-18-10-11-8-12(16)9-14(17)15(11)21-13-2-5-20-6-3-13/h8-9,13,18H,2-7,10H2,1H3. The zero-order valence-corrected chi connectivity index (χ0v) is 13.7. The lowest BCUT2D eigenvalue weighted by Crippen LogP contribution is -2.27. The van der Waals surface area contributed by atoms with Gasteiger partial charge in [-0.3, -0.25) is 0 Å². The molecule has 6 heteroatoms. The van der Waals surface area contributed by atoms with Crippen molar-refractivity contribution in [2.24, 2.45) is 0 Å². The van der Waals surface area contributed by atoms with Crippen LogP contribution >= 0.6 is 23.2 Å². The first-order valence-corrected chi connectivity index (χ1v) is 7.88. The Bertz CT molecular complexity index is 451. The van der Waals surface area contributed by atoms with E-state index in [1.54, 1.807) is 13.2 Å². The largest absolute Gasteiger partial charge is 0.488 e. The van der Waals surface area contributed by atoms with Crippen LogP contribution < -0.4 is 10.1 Å². The second-order valence-corrected chi connectivity index (χ2v) is 5.82. The number of halogens is 2. The minimum Gasteiger partial charge on any atom is -0.488 e. The van der Waals surface area contributed by atoms with E-state index in [1.165, 1.54) is 0 Å².